The lowest BCUT2D eigenvalue weighted by Crippen LogP contribution is -2.47. The molecule has 1 fully saturated rings. The fourth-order valence-corrected chi connectivity index (χ4v) is 5.39. The van der Waals surface area contributed by atoms with Crippen LogP contribution in [0.2, 0.25) is 0 Å². The van der Waals surface area contributed by atoms with E-state index in [2.05, 4.69) is 5.32 Å². The maximum absolute atomic E-state index is 13.4. The van der Waals surface area contributed by atoms with Crippen LogP contribution in [0.5, 0.6) is 0 Å². The summed E-state index contributed by atoms with van der Waals surface area (Å²) in [4.78, 5) is 28.3. The zero-order chi connectivity index (χ0) is 24.2. The molecular weight excluding hydrogens is 438 g/mol. The highest BCUT2D eigenvalue weighted by Gasteiger charge is 2.32. The molecule has 0 unspecified atom stereocenters. The number of para-hydroxylation sites is 1. The van der Waals surface area contributed by atoms with Gasteiger partial charge in [-0.25, -0.2) is 8.42 Å². The van der Waals surface area contributed by atoms with Crippen LogP contribution >= 0.6 is 0 Å². The predicted octanol–water partition coefficient (Wildman–Crippen LogP) is 4.11. The molecule has 1 heterocycles. The van der Waals surface area contributed by atoms with Crippen LogP contribution in [0.15, 0.2) is 42.5 Å². The van der Waals surface area contributed by atoms with Crippen LogP contribution in [-0.2, 0) is 14.8 Å². The summed E-state index contributed by atoms with van der Waals surface area (Å²) >= 11 is 0. The number of piperidine rings is 1. The first-order valence-corrected chi connectivity index (χ1v) is 13.2. The van der Waals surface area contributed by atoms with Gasteiger partial charge in [-0.05, 0) is 74.9 Å². The second kappa shape index (κ2) is 10.4. The predicted molar refractivity (Wildman–Crippen MR) is 132 cm³/mol. The van der Waals surface area contributed by atoms with Crippen LogP contribution in [0.3, 0.4) is 0 Å². The summed E-state index contributed by atoms with van der Waals surface area (Å²) in [6.45, 7) is 7.03. The largest absolute Gasteiger partial charge is 0.339 e. The molecule has 1 aliphatic rings. The van der Waals surface area contributed by atoms with Gasteiger partial charge in [0.2, 0.25) is 15.9 Å². The number of sulfonamides is 1. The van der Waals surface area contributed by atoms with E-state index >= 15 is 0 Å². The molecule has 1 aliphatic heterocycles. The van der Waals surface area contributed by atoms with Crippen molar-refractivity contribution in [2.24, 2.45) is 0 Å². The Bertz CT molecular complexity index is 1120. The topological polar surface area (TPSA) is 86.8 Å². The Labute approximate surface area is 196 Å². The van der Waals surface area contributed by atoms with Crippen LogP contribution in [0.1, 0.15) is 54.1 Å². The van der Waals surface area contributed by atoms with Crippen LogP contribution in [-0.4, -0.2) is 50.5 Å². The number of likely N-dealkylation sites (tertiary alicyclic amines) is 1. The zero-order valence-corrected chi connectivity index (χ0v) is 20.6. The number of anilines is 2. The van der Waals surface area contributed by atoms with Crippen molar-refractivity contribution in [3.63, 3.8) is 0 Å². The van der Waals surface area contributed by atoms with E-state index in [0.717, 1.165) is 36.6 Å². The number of rotatable bonds is 7. The first-order valence-electron chi connectivity index (χ1n) is 11.4. The molecule has 0 spiro atoms. The number of carbonyl (C=O) groups is 2. The molecule has 2 aromatic carbocycles. The normalized spacial score (nSPS) is 15.1. The number of hydrogen-bond acceptors (Lipinski definition) is 4. The smallest absolute Gasteiger partial charge is 0.255 e. The molecule has 1 N–H and O–H groups in total. The van der Waals surface area contributed by atoms with Gasteiger partial charge in [-0.3, -0.25) is 13.9 Å². The van der Waals surface area contributed by atoms with E-state index in [9.17, 15) is 18.0 Å². The van der Waals surface area contributed by atoms with Gasteiger partial charge < -0.3 is 10.2 Å². The lowest BCUT2D eigenvalue weighted by Gasteiger charge is -2.31. The molecule has 33 heavy (non-hydrogen) atoms. The van der Waals surface area contributed by atoms with Gasteiger partial charge in [0.1, 0.15) is 6.04 Å². The Morgan fingerprint density at radius 3 is 2.30 bits per heavy atom. The average Bonchev–Trinajstić information content (AvgIpc) is 2.79. The molecule has 0 aliphatic carbocycles. The minimum absolute atomic E-state index is 0.118. The Hall–Kier alpha value is -2.87. The standard InChI is InChI=1S/C25H33N3O4S/c1-5-23(28(33(4,31)32)20-14-13-18(2)19(3)17-20)24(29)26-22-12-8-7-11-21(22)25(30)27-15-9-6-10-16-27/h7-8,11-14,17,23H,5-6,9-10,15-16H2,1-4H3,(H,26,29)/t23-/m1/s1. The SMILES string of the molecule is CC[C@H](C(=O)Nc1ccccc1C(=O)N1CCCCC1)N(c1ccc(C)c(C)c1)S(C)(=O)=O. The Morgan fingerprint density at radius 1 is 1.03 bits per heavy atom. The summed E-state index contributed by atoms with van der Waals surface area (Å²) in [6.07, 6.45) is 4.43. The summed E-state index contributed by atoms with van der Waals surface area (Å²) in [6, 6.07) is 11.3. The molecule has 178 valence electrons. The van der Waals surface area contributed by atoms with E-state index < -0.39 is 22.0 Å². The lowest BCUT2D eigenvalue weighted by molar-refractivity contribution is -0.117. The Morgan fingerprint density at radius 2 is 1.70 bits per heavy atom. The zero-order valence-electron chi connectivity index (χ0n) is 19.8. The minimum atomic E-state index is -3.74. The third kappa shape index (κ3) is 5.74. The average molecular weight is 472 g/mol. The second-order valence-corrected chi connectivity index (χ2v) is 10.5. The number of amides is 2. The third-order valence-corrected chi connectivity index (χ3v) is 7.31. The van der Waals surface area contributed by atoms with E-state index in [1.807, 2.05) is 24.8 Å². The second-order valence-electron chi connectivity index (χ2n) is 8.64. The first-order chi connectivity index (χ1) is 15.6. The summed E-state index contributed by atoms with van der Waals surface area (Å²) in [5, 5.41) is 2.84. The van der Waals surface area contributed by atoms with E-state index in [1.165, 1.54) is 4.31 Å². The van der Waals surface area contributed by atoms with Gasteiger partial charge in [0.05, 0.1) is 23.2 Å². The summed E-state index contributed by atoms with van der Waals surface area (Å²) in [5.41, 5.74) is 3.23. The number of hydrogen-bond donors (Lipinski definition) is 1. The number of benzene rings is 2. The van der Waals surface area contributed by atoms with Gasteiger partial charge in [-0.15, -0.1) is 0 Å². The monoisotopic (exact) mass is 471 g/mol. The van der Waals surface area contributed by atoms with Crippen LogP contribution in [0.25, 0.3) is 0 Å². The molecule has 2 aromatic rings. The van der Waals surface area contributed by atoms with Crippen molar-refractivity contribution in [3.8, 4) is 0 Å². The van der Waals surface area contributed by atoms with Crippen molar-refractivity contribution < 1.29 is 18.0 Å². The molecule has 0 bridgehead atoms. The number of nitrogens with zero attached hydrogens (tertiary/aromatic N) is 2. The molecule has 0 radical (unpaired) electrons. The van der Waals surface area contributed by atoms with Gasteiger partial charge in [0, 0.05) is 13.1 Å². The van der Waals surface area contributed by atoms with Crippen molar-refractivity contribution in [1.82, 2.24) is 4.90 Å². The minimum Gasteiger partial charge on any atom is -0.339 e. The number of carbonyl (C=O) groups excluding carboxylic acids is 2. The fraction of sp³-hybridized carbons (Fsp3) is 0.440. The maximum Gasteiger partial charge on any atom is 0.255 e. The quantitative estimate of drug-likeness (QED) is 0.658. The molecule has 7 nitrogen and oxygen atoms in total. The van der Waals surface area contributed by atoms with Crippen LogP contribution in [0.4, 0.5) is 11.4 Å². The molecule has 0 saturated carbocycles. The number of nitrogens with one attached hydrogen (secondary N) is 1. The first kappa shape index (κ1) is 24.8. The van der Waals surface area contributed by atoms with Crippen LogP contribution < -0.4 is 9.62 Å². The Balaban J connectivity index is 1.91. The summed E-state index contributed by atoms with van der Waals surface area (Å²) < 4.78 is 26.7. The van der Waals surface area contributed by atoms with Crippen LogP contribution in [0, 0.1) is 13.8 Å². The van der Waals surface area contributed by atoms with Crippen molar-refractivity contribution in [2.45, 2.75) is 52.5 Å². The highest BCUT2D eigenvalue weighted by atomic mass is 32.2. The molecule has 1 saturated heterocycles. The molecule has 0 aromatic heterocycles. The van der Waals surface area contributed by atoms with Crippen molar-refractivity contribution in [2.75, 3.05) is 29.0 Å². The highest BCUT2D eigenvalue weighted by Crippen LogP contribution is 2.27. The van der Waals surface area contributed by atoms with Gasteiger partial charge in [0.15, 0.2) is 0 Å². The van der Waals surface area contributed by atoms with E-state index in [4.69, 9.17) is 0 Å². The maximum atomic E-state index is 13.4. The van der Waals surface area contributed by atoms with Crippen molar-refractivity contribution in [3.05, 3.63) is 59.2 Å². The van der Waals surface area contributed by atoms with E-state index in [1.54, 1.807) is 43.3 Å². The summed E-state index contributed by atoms with van der Waals surface area (Å²) in [7, 11) is -3.74. The molecule has 1 atom stereocenters. The van der Waals surface area contributed by atoms with Crippen molar-refractivity contribution in [1.29, 1.82) is 0 Å². The molecule has 8 heteroatoms. The summed E-state index contributed by atoms with van der Waals surface area (Å²) in [5.74, 6) is -0.590. The van der Waals surface area contributed by atoms with E-state index in [0.29, 0.717) is 30.0 Å². The molecular formula is C25H33N3O4S. The highest BCUT2D eigenvalue weighted by molar-refractivity contribution is 7.92. The third-order valence-electron chi connectivity index (χ3n) is 6.13. The van der Waals surface area contributed by atoms with Crippen molar-refractivity contribution >= 4 is 33.2 Å². The van der Waals surface area contributed by atoms with E-state index in [-0.39, 0.29) is 12.3 Å². The van der Waals surface area contributed by atoms with Gasteiger partial charge in [0.25, 0.3) is 5.91 Å². The molecule has 3 rings (SSSR count). The van der Waals surface area contributed by atoms with Gasteiger partial charge >= 0.3 is 0 Å². The Kier molecular flexibility index (Phi) is 7.79. The van der Waals surface area contributed by atoms with Gasteiger partial charge in [-0.2, -0.15) is 0 Å². The molecule has 2 amide bonds. The number of aryl methyl sites for hydroxylation is 2. The van der Waals surface area contributed by atoms with Gasteiger partial charge in [-0.1, -0.05) is 25.1 Å². The fourth-order valence-electron chi connectivity index (χ4n) is 4.18. The lowest BCUT2D eigenvalue weighted by atomic mass is 10.1.